The van der Waals surface area contributed by atoms with Crippen molar-refractivity contribution in [3.63, 3.8) is 0 Å². The van der Waals surface area contributed by atoms with Gasteiger partial charge in [0.05, 0.1) is 5.69 Å². The Kier molecular flexibility index (Phi) is 9.15. The van der Waals surface area contributed by atoms with E-state index in [1.807, 2.05) is 48.5 Å². The number of carboxylic acid groups (broad SMARTS) is 1. The lowest BCUT2D eigenvalue weighted by Gasteiger charge is -2.28. The summed E-state index contributed by atoms with van der Waals surface area (Å²) in [5.74, 6) is -0.789. The van der Waals surface area contributed by atoms with E-state index in [0.717, 1.165) is 42.6 Å². The smallest absolute Gasteiger partial charge is 0.411 e. The first-order chi connectivity index (χ1) is 14.0. The van der Waals surface area contributed by atoms with E-state index >= 15 is 0 Å². The number of carboxylic acids is 1. The molecular weight excluding hydrogens is 404 g/mol. The van der Waals surface area contributed by atoms with Crippen LogP contribution in [0.4, 0.5) is 10.5 Å². The van der Waals surface area contributed by atoms with E-state index in [1.54, 1.807) is 0 Å². The molecule has 1 heterocycles. The number of amides is 1. The van der Waals surface area contributed by atoms with Gasteiger partial charge in [-0.05, 0) is 56.0 Å². The molecule has 0 aromatic heterocycles. The number of aryl methyl sites for hydroxylation is 1. The minimum absolute atomic E-state index is 0. The number of halogens is 1. The number of carbonyl (C=O) groups excluding carboxylic acids is 1. The molecule has 1 aliphatic heterocycles. The van der Waals surface area contributed by atoms with Crippen molar-refractivity contribution in [1.29, 1.82) is 0 Å². The van der Waals surface area contributed by atoms with Crippen LogP contribution in [-0.2, 0) is 16.0 Å². The van der Waals surface area contributed by atoms with Crippen molar-refractivity contribution in [3.8, 4) is 11.1 Å². The van der Waals surface area contributed by atoms with E-state index in [4.69, 9.17) is 9.84 Å². The van der Waals surface area contributed by atoms with E-state index in [1.165, 1.54) is 0 Å². The monoisotopic (exact) mass is 432 g/mol. The van der Waals surface area contributed by atoms with Gasteiger partial charge in [0.1, 0.15) is 6.10 Å². The molecule has 0 aliphatic carbocycles. The molecule has 1 amide bonds. The van der Waals surface area contributed by atoms with Crippen LogP contribution in [-0.4, -0.2) is 48.3 Å². The van der Waals surface area contributed by atoms with Gasteiger partial charge in [-0.1, -0.05) is 36.4 Å². The number of likely N-dealkylation sites (tertiary alicyclic amines) is 1. The fourth-order valence-electron chi connectivity index (χ4n) is 3.55. The predicted octanol–water partition coefficient (Wildman–Crippen LogP) is 4.83. The van der Waals surface area contributed by atoms with Gasteiger partial charge in [0.25, 0.3) is 0 Å². The maximum Gasteiger partial charge on any atom is 0.411 e. The van der Waals surface area contributed by atoms with Crippen LogP contribution in [0.1, 0.15) is 31.2 Å². The number of nitrogens with one attached hydrogen (secondary N) is 1. The average Bonchev–Trinajstić information content (AvgIpc) is 2.71. The number of nitrogens with zero attached hydrogens (tertiary/aromatic N) is 1. The Balaban J connectivity index is 0.00000320. The molecule has 0 bridgehead atoms. The number of carbonyl (C=O) groups is 2. The standard InChI is InChI=1S/C23H28N2O4.ClH/c1-25-14-12-19(13-15-25)29-23(28)24-21-11-10-17(6-5-9-22(26)27)16-20(21)18-7-3-2-4-8-18;/h2-4,7-8,10-11,16,19H,5-6,9,12-15H2,1H3,(H,24,28)(H,26,27);1H. The summed E-state index contributed by atoms with van der Waals surface area (Å²) >= 11 is 0. The van der Waals surface area contributed by atoms with Crippen LogP contribution in [0.15, 0.2) is 48.5 Å². The van der Waals surface area contributed by atoms with Crippen molar-refractivity contribution in [1.82, 2.24) is 4.90 Å². The summed E-state index contributed by atoms with van der Waals surface area (Å²) in [4.78, 5) is 25.5. The molecule has 2 N–H and O–H groups in total. The molecule has 0 radical (unpaired) electrons. The largest absolute Gasteiger partial charge is 0.481 e. The first kappa shape index (κ1) is 23.7. The van der Waals surface area contributed by atoms with Gasteiger partial charge in [0, 0.05) is 25.1 Å². The van der Waals surface area contributed by atoms with Crippen molar-refractivity contribution in [2.75, 3.05) is 25.5 Å². The van der Waals surface area contributed by atoms with E-state index in [9.17, 15) is 9.59 Å². The third kappa shape index (κ3) is 7.04. The third-order valence-electron chi connectivity index (χ3n) is 5.20. The van der Waals surface area contributed by atoms with Gasteiger partial charge in [-0.25, -0.2) is 4.79 Å². The van der Waals surface area contributed by atoms with Gasteiger partial charge in [-0.2, -0.15) is 0 Å². The second-order valence-electron chi connectivity index (χ2n) is 7.53. The van der Waals surface area contributed by atoms with E-state index in [0.29, 0.717) is 18.5 Å². The molecule has 2 aromatic carbocycles. The summed E-state index contributed by atoms with van der Waals surface area (Å²) in [5.41, 5.74) is 3.62. The van der Waals surface area contributed by atoms with Crippen LogP contribution in [0.25, 0.3) is 11.1 Å². The molecule has 30 heavy (non-hydrogen) atoms. The van der Waals surface area contributed by atoms with Crippen LogP contribution in [0.5, 0.6) is 0 Å². The summed E-state index contributed by atoms with van der Waals surface area (Å²) in [6.07, 6.45) is 2.59. The van der Waals surface area contributed by atoms with Crippen molar-refractivity contribution >= 4 is 30.2 Å². The van der Waals surface area contributed by atoms with Gasteiger partial charge in [0.15, 0.2) is 0 Å². The number of anilines is 1. The fraction of sp³-hybridized carbons (Fsp3) is 0.391. The number of aliphatic carboxylic acids is 1. The molecular formula is C23H29ClN2O4. The number of benzene rings is 2. The Labute approximate surface area is 183 Å². The van der Waals surface area contributed by atoms with Gasteiger partial charge in [-0.15, -0.1) is 12.4 Å². The average molecular weight is 433 g/mol. The maximum absolute atomic E-state index is 12.5. The topological polar surface area (TPSA) is 78.9 Å². The highest BCUT2D eigenvalue weighted by molar-refractivity contribution is 5.91. The third-order valence-corrected chi connectivity index (χ3v) is 5.20. The Bertz CT molecular complexity index is 836. The molecule has 1 fully saturated rings. The number of ether oxygens (including phenoxy) is 1. The van der Waals surface area contributed by atoms with E-state index in [-0.39, 0.29) is 24.9 Å². The van der Waals surface area contributed by atoms with Crippen LogP contribution in [0, 0.1) is 0 Å². The highest BCUT2D eigenvalue weighted by Gasteiger charge is 2.21. The van der Waals surface area contributed by atoms with Crippen molar-refractivity contribution in [3.05, 3.63) is 54.1 Å². The summed E-state index contributed by atoms with van der Waals surface area (Å²) in [6, 6.07) is 15.6. The SMILES string of the molecule is CN1CCC(OC(=O)Nc2ccc(CCCC(=O)O)cc2-c2ccccc2)CC1.Cl. The molecule has 0 spiro atoms. The van der Waals surface area contributed by atoms with Gasteiger partial charge in [0.2, 0.25) is 0 Å². The Morgan fingerprint density at radius 1 is 1.13 bits per heavy atom. The number of rotatable bonds is 7. The Hall–Kier alpha value is -2.57. The van der Waals surface area contributed by atoms with Crippen molar-refractivity contribution in [2.24, 2.45) is 0 Å². The number of hydrogen-bond donors (Lipinski definition) is 2. The summed E-state index contributed by atoms with van der Waals surface area (Å²) < 4.78 is 5.61. The predicted molar refractivity (Wildman–Crippen MR) is 120 cm³/mol. The van der Waals surface area contributed by atoms with Crippen molar-refractivity contribution < 1.29 is 19.4 Å². The van der Waals surface area contributed by atoms with E-state index < -0.39 is 12.1 Å². The van der Waals surface area contributed by atoms with Crippen LogP contribution >= 0.6 is 12.4 Å². The molecule has 6 nitrogen and oxygen atoms in total. The molecule has 3 rings (SSSR count). The highest BCUT2D eigenvalue weighted by atomic mass is 35.5. The molecule has 0 atom stereocenters. The van der Waals surface area contributed by atoms with Gasteiger partial charge in [-0.3, -0.25) is 10.1 Å². The maximum atomic E-state index is 12.5. The number of piperidine rings is 1. The molecule has 0 unspecified atom stereocenters. The zero-order chi connectivity index (χ0) is 20.6. The molecule has 2 aromatic rings. The highest BCUT2D eigenvalue weighted by Crippen LogP contribution is 2.30. The Morgan fingerprint density at radius 3 is 2.50 bits per heavy atom. The lowest BCUT2D eigenvalue weighted by molar-refractivity contribution is -0.137. The first-order valence-electron chi connectivity index (χ1n) is 10.1. The Morgan fingerprint density at radius 2 is 1.83 bits per heavy atom. The number of hydrogen-bond acceptors (Lipinski definition) is 4. The molecule has 0 saturated carbocycles. The zero-order valence-corrected chi connectivity index (χ0v) is 18.0. The summed E-state index contributed by atoms with van der Waals surface area (Å²) in [6.45, 7) is 1.86. The normalized spacial score (nSPS) is 14.6. The minimum atomic E-state index is -0.789. The molecule has 162 valence electrons. The van der Waals surface area contributed by atoms with E-state index in [2.05, 4.69) is 17.3 Å². The lowest BCUT2D eigenvalue weighted by Crippen LogP contribution is -2.36. The quantitative estimate of drug-likeness (QED) is 0.655. The zero-order valence-electron chi connectivity index (χ0n) is 17.2. The second-order valence-corrected chi connectivity index (χ2v) is 7.53. The summed E-state index contributed by atoms with van der Waals surface area (Å²) in [7, 11) is 2.07. The molecule has 1 saturated heterocycles. The van der Waals surface area contributed by atoms with Crippen molar-refractivity contribution in [2.45, 2.75) is 38.2 Å². The first-order valence-corrected chi connectivity index (χ1v) is 10.1. The minimum Gasteiger partial charge on any atom is -0.481 e. The molecule has 7 heteroatoms. The van der Waals surface area contributed by atoms with Crippen LogP contribution in [0.3, 0.4) is 0 Å². The molecule has 1 aliphatic rings. The second kappa shape index (κ2) is 11.6. The van der Waals surface area contributed by atoms with Gasteiger partial charge >= 0.3 is 12.1 Å². The lowest BCUT2D eigenvalue weighted by atomic mass is 9.98. The van der Waals surface area contributed by atoms with Crippen LogP contribution < -0.4 is 5.32 Å². The van der Waals surface area contributed by atoms with Crippen LogP contribution in [0.2, 0.25) is 0 Å². The fourth-order valence-corrected chi connectivity index (χ4v) is 3.55. The van der Waals surface area contributed by atoms with Gasteiger partial charge < -0.3 is 14.7 Å². The summed E-state index contributed by atoms with van der Waals surface area (Å²) in [5, 5.41) is 11.8.